The van der Waals surface area contributed by atoms with Gasteiger partial charge in [-0.3, -0.25) is 0 Å². The van der Waals surface area contributed by atoms with Crippen LogP contribution in [0.4, 0.5) is 0 Å². The van der Waals surface area contributed by atoms with E-state index in [2.05, 4.69) is 15.9 Å². The van der Waals surface area contributed by atoms with Gasteiger partial charge in [0.15, 0.2) is 0 Å². The maximum atomic E-state index is 9.48. The van der Waals surface area contributed by atoms with Crippen molar-refractivity contribution in [1.82, 2.24) is 0 Å². The average molecular weight is 294 g/mol. The molecule has 2 nitrogen and oxygen atoms in total. The van der Waals surface area contributed by atoms with Gasteiger partial charge < -0.3 is 9.84 Å². The van der Waals surface area contributed by atoms with Crippen molar-refractivity contribution in [2.75, 3.05) is 6.61 Å². The lowest BCUT2D eigenvalue weighted by Crippen LogP contribution is -2.16. The number of halogens is 2. The number of ether oxygens (including phenoxy) is 1. The fourth-order valence-corrected chi connectivity index (χ4v) is 2.05. The summed E-state index contributed by atoms with van der Waals surface area (Å²) in [5, 5.41) is 10.1. The van der Waals surface area contributed by atoms with E-state index >= 15 is 0 Å². The molecule has 0 radical (unpaired) electrons. The molecular formula is C11H14BrClO2. The minimum atomic E-state index is -0.409. The van der Waals surface area contributed by atoms with E-state index in [9.17, 15) is 5.11 Å². The van der Waals surface area contributed by atoms with E-state index in [1.54, 1.807) is 12.1 Å². The quantitative estimate of drug-likeness (QED) is 0.898. The van der Waals surface area contributed by atoms with Crippen LogP contribution < -0.4 is 4.74 Å². The molecule has 0 bridgehead atoms. The second-order valence-corrected chi connectivity index (χ2v) is 4.71. The first-order valence-corrected chi connectivity index (χ1v) is 6.06. The third-order valence-corrected chi connectivity index (χ3v) is 2.58. The first kappa shape index (κ1) is 12.8. The summed E-state index contributed by atoms with van der Waals surface area (Å²) in [6.07, 6.45) is 1.29. The van der Waals surface area contributed by atoms with Crippen LogP contribution in [0.5, 0.6) is 5.75 Å². The molecule has 1 rings (SSSR count). The Kier molecular flexibility index (Phi) is 5.43. The Morgan fingerprint density at radius 2 is 2.20 bits per heavy atom. The monoisotopic (exact) mass is 292 g/mol. The number of rotatable bonds is 5. The molecule has 0 saturated heterocycles. The SMILES string of the molecule is CCCC(O)COc1cc(Cl)cc(Br)c1. The smallest absolute Gasteiger partial charge is 0.122 e. The Hall–Kier alpha value is -0.250. The van der Waals surface area contributed by atoms with E-state index in [4.69, 9.17) is 16.3 Å². The summed E-state index contributed by atoms with van der Waals surface area (Å²) in [6, 6.07) is 5.34. The van der Waals surface area contributed by atoms with Crippen molar-refractivity contribution in [1.29, 1.82) is 0 Å². The summed E-state index contributed by atoms with van der Waals surface area (Å²) in [6.45, 7) is 2.33. The van der Waals surface area contributed by atoms with Crippen LogP contribution in [0.25, 0.3) is 0 Å². The zero-order chi connectivity index (χ0) is 11.3. The van der Waals surface area contributed by atoms with Crippen molar-refractivity contribution in [2.24, 2.45) is 0 Å². The summed E-state index contributed by atoms with van der Waals surface area (Å²) < 4.78 is 6.29. The van der Waals surface area contributed by atoms with E-state index < -0.39 is 6.10 Å². The second-order valence-electron chi connectivity index (χ2n) is 3.36. The fourth-order valence-electron chi connectivity index (χ4n) is 1.22. The van der Waals surface area contributed by atoms with Gasteiger partial charge in [-0.05, 0) is 24.6 Å². The highest BCUT2D eigenvalue weighted by Crippen LogP contribution is 2.24. The van der Waals surface area contributed by atoms with Crippen molar-refractivity contribution in [2.45, 2.75) is 25.9 Å². The highest BCUT2D eigenvalue weighted by molar-refractivity contribution is 9.10. The molecule has 0 aliphatic carbocycles. The zero-order valence-corrected chi connectivity index (χ0v) is 10.9. The molecule has 0 spiro atoms. The summed E-state index contributed by atoms with van der Waals surface area (Å²) >= 11 is 9.18. The Balaban J connectivity index is 2.50. The van der Waals surface area contributed by atoms with Gasteiger partial charge in [0.25, 0.3) is 0 Å². The molecule has 1 unspecified atom stereocenters. The topological polar surface area (TPSA) is 29.5 Å². The van der Waals surface area contributed by atoms with Crippen LogP contribution in [-0.2, 0) is 0 Å². The highest BCUT2D eigenvalue weighted by atomic mass is 79.9. The number of aliphatic hydroxyl groups excluding tert-OH is 1. The Labute approximate surface area is 103 Å². The van der Waals surface area contributed by atoms with Crippen LogP contribution in [-0.4, -0.2) is 17.8 Å². The molecule has 15 heavy (non-hydrogen) atoms. The molecule has 0 aliphatic heterocycles. The summed E-state index contributed by atoms with van der Waals surface area (Å²) in [5.74, 6) is 0.671. The van der Waals surface area contributed by atoms with Gasteiger partial charge in [0.1, 0.15) is 12.4 Å². The lowest BCUT2D eigenvalue weighted by Gasteiger charge is -2.11. The molecule has 4 heteroatoms. The Morgan fingerprint density at radius 1 is 1.47 bits per heavy atom. The minimum Gasteiger partial charge on any atom is -0.491 e. The molecule has 1 atom stereocenters. The lowest BCUT2D eigenvalue weighted by molar-refractivity contribution is 0.0993. The van der Waals surface area contributed by atoms with Crippen LogP contribution in [0, 0.1) is 0 Å². The maximum absolute atomic E-state index is 9.48. The normalized spacial score (nSPS) is 12.5. The fraction of sp³-hybridized carbons (Fsp3) is 0.455. The average Bonchev–Trinajstić information content (AvgIpc) is 2.14. The highest BCUT2D eigenvalue weighted by Gasteiger charge is 2.04. The largest absolute Gasteiger partial charge is 0.491 e. The van der Waals surface area contributed by atoms with E-state index in [-0.39, 0.29) is 0 Å². The number of benzene rings is 1. The third kappa shape index (κ3) is 4.87. The molecule has 0 heterocycles. The van der Waals surface area contributed by atoms with Gasteiger partial charge in [-0.2, -0.15) is 0 Å². The first-order chi connectivity index (χ1) is 7.11. The predicted octanol–water partition coefficient (Wildman–Crippen LogP) is 3.64. The molecule has 1 aromatic carbocycles. The van der Waals surface area contributed by atoms with Gasteiger partial charge in [-0.15, -0.1) is 0 Å². The number of hydrogen-bond donors (Lipinski definition) is 1. The Morgan fingerprint density at radius 3 is 2.80 bits per heavy atom. The van der Waals surface area contributed by atoms with Crippen LogP contribution >= 0.6 is 27.5 Å². The Bertz CT molecular complexity index is 297. The molecule has 0 amide bonds. The molecule has 1 N–H and O–H groups in total. The van der Waals surface area contributed by atoms with E-state index in [1.165, 1.54) is 0 Å². The van der Waals surface area contributed by atoms with Gasteiger partial charge >= 0.3 is 0 Å². The summed E-state index contributed by atoms with van der Waals surface area (Å²) in [7, 11) is 0. The predicted molar refractivity (Wildman–Crippen MR) is 65.6 cm³/mol. The van der Waals surface area contributed by atoms with Crippen LogP contribution in [0.15, 0.2) is 22.7 Å². The summed E-state index contributed by atoms with van der Waals surface area (Å²) in [5.41, 5.74) is 0. The van der Waals surface area contributed by atoms with Crippen molar-refractivity contribution in [3.8, 4) is 5.75 Å². The van der Waals surface area contributed by atoms with Crippen molar-refractivity contribution in [3.63, 3.8) is 0 Å². The molecule has 0 aromatic heterocycles. The van der Waals surface area contributed by atoms with E-state index in [0.29, 0.717) is 17.4 Å². The van der Waals surface area contributed by atoms with Gasteiger partial charge in [0, 0.05) is 9.50 Å². The number of aliphatic hydroxyl groups is 1. The van der Waals surface area contributed by atoms with Gasteiger partial charge in [0.2, 0.25) is 0 Å². The standard InChI is InChI=1S/C11H14BrClO2/c1-2-3-10(14)7-15-11-5-8(12)4-9(13)6-11/h4-6,10,14H,2-3,7H2,1H3. The van der Waals surface area contributed by atoms with Gasteiger partial charge in [-0.1, -0.05) is 40.9 Å². The minimum absolute atomic E-state index is 0.306. The van der Waals surface area contributed by atoms with Crippen LogP contribution in [0.1, 0.15) is 19.8 Å². The lowest BCUT2D eigenvalue weighted by atomic mass is 10.2. The van der Waals surface area contributed by atoms with Crippen molar-refractivity contribution in [3.05, 3.63) is 27.7 Å². The first-order valence-electron chi connectivity index (χ1n) is 4.88. The van der Waals surface area contributed by atoms with Crippen molar-refractivity contribution < 1.29 is 9.84 Å². The van der Waals surface area contributed by atoms with E-state index in [1.807, 2.05) is 13.0 Å². The zero-order valence-electron chi connectivity index (χ0n) is 8.54. The molecular weight excluding hydrogens is 279 g/mol. The molecule has 0 fully saturated rings. The van der Waals surface area contributed by atoms with E-state index in [0.717, 1.165) is 17.3 Å². The van der Waals surface area contributed by atoms with Crippen LogP contribution in [0.2, 0.25) is 5.02 Å². The summed E-state index contributed by atoms with van der Waals surface area (Å²) in [4.78, 5) is 0. The molecule has 0 aliphatic rings. The van der Waals surface area contributed by atoms with Gasteiger partial charge in [-0.25, -0.2) is 0 Å². The maximum Gasteiger partial charge on any atom is 0.122 e. The molecule has 1 aromatic rings. The molecule has 84 valence electrons. The van der Waals surface area contributed by atoms with Gasteiger partial charge in [0.05, 0.1) is 6.10 Å². The van der Waals surface area contributed by atoms with Crippen molar-refractivity contribution >= 4 is 27.5 Å². The number of hydrogen-bond acceptors (Lipinski definition) is 2. The van der Waals surface area contributed by atoms with Crippen LogP contribution in [0.3, 0.4) is 0 Å². The second kappa shape index (κ2) is 6.36. The third-order valence-electron chi connectivity index (χ3n) is 1.90. The molecule has 0 saturated carbocycles.